The van der Waals surface area contributed by atoms with Crippen molar-refractivity contribution in [3.05, 3.63) is 29.6 Å². The Morgan fingerprint density at radius 2 is 2.16 bits per heavy atom. The highest BCUT2D eigenvalue weighted by Gasteiger charge is 2.21. The first kappa shape index (κ1) is 15.3. The van der Waals surface area contributed by atoms with E-state index in [-0.39, 0.29) is 17.7 Å². The van der Waals surface area contributed by atoms with Gasteiger partial charge in [-0.05, 0) is 30.6 Å². The third kappa shape index (κ3) is 4.44. The van der Waals surface area contributed by atoms with Crippen LogP contribution in [0.1, 0.15) is 16.8 Å². The van der Waals surface area contributed by atoms with Crippen molar-refractivity contribution in [2.24, 2.45) is 0 Å². The fraction of sp³-hybridized carbons (Fsp3) is 0.333. The van der Waals surface area contributed by atoms with E-state index in [9.17, 15) is 14.0 Å². The van der Waals surface area contributed by atoms with Crippen molar-refractivity contribution in [1.82, 2.24) is 5.32 Å². The fourth-order valence-electron chi connectivity index (χ4n) is 1.42. The minimum Gasteiger partial charge on any atom is -0.508 e. The molecule has 0 saturated carbocycles. The van der Waals surface area contributed by atoms with E-state index in [4.69, 9.17) is 10.2 Å². The van der Waals surface area contributed by atoms with Crippen LogP contribution < -0.4 is 5.32 Å². The average molecular weight is 287 g/mol. The molecule has 7 heteroatoms. The maximum atomic E-state index is 13.4. The number of carboxylic acid groups (broad SMARTS) is 1. The highest BCUT2D eigenvalue weighted by molar-refractivity contribution is 7.98. The predicted octanol–water partition coefficient (Wildman–Crippen LogP) is 1.47. The number of aromatic hydroxyl groups is 1. The Labute approximate surface area is 113 Å². The molecule has 19 heavy (non-hydrogen) atoms. The summed E-state index contributed by atoms with van der Waals surface area (Å²) in [6, 6.07) is 2.00. The van der Waals surface area contributed by atoms with Crippen LogP contribution in [0.5, 0.6) is 5.75 Å². The van der Waals surface area contributed by atoms with E-state index in [2.05, 4.69) is 5.32 Å². The lowest BCUT2D eigenvalue weighted by atomic mass is 10.1. The van der Waals surface area contributed by atoms with Crippen LogP contribution in [0.25, 0.3) is 0 Å². The maximum absolute atomic E-state index is 13.4. The van der Waals surface area contributed by atoms with Crippen LogP contribution in [0.4, 0.5) is 4.39 Å². The van der Waals surface area contributed by atoms with Gasteiger partial charge in [-0.25, -0.2) is 9.18 Å². The van der Waals surface area contributed by atoms with Crippen LogP contribution in [0.15, 0.2) is 18.2 Å². The van der Waals surface area contributed by atoms with Gasteiger partial charge in [0.1, 0.15) is 17.6 Å². The molecule has 0 bridgehead atoms. The van der Waals surface area contributed by atoms with Crippen molar-refractivity contribution >= 4 is 23.6 Å². The average Bonchev–Trinajstić information content (AvgIpc) is 2.33. The molecule has 0 saturated heterocycles. The van der Waals surface area contributed by atoms with Crippen molar-refractivity contribution in [2.45, 2.75) is 12.5 Å². The SMILES string of the molecule is CSCCC(NC(=O)c1ccc(O)cc1F)C(=O)O. The molecular weight excluding hydrogens is 273 g/mol. The molecule has 0 fully saturated rings. The van der Waals surface area contributed by atoms with Gasteiger partial charge in [0.25, 0.3) is 5.91 Å². The molecular formula is C12H14FNO4S. The standard InChI is InChI=1S/C12H14FNO4S/c1-19-5-4-10(12(17)18)14-11(16)8-3-2-7(15)6-9(8)13/h2-3,6,10,15H,4-5H2,1H3,(H,14,16)(H,17,18). The van der Waals surface area contributed by atoms with Gasteiger partial charge in [-0.2, -0.15) is 11.8 Å². The second-order valence-corrected chi connectivity index (χ2v) is 4.80. The number of thioether (sulfide) groups is 1. The smallest absolute Gasteiger partial charge is 0.326 e. The van der Waals surface area contributed by atoms with Crippen LogP contribution in [-0.4, -0.2) is 40.1 Å². The molecule has 1 aromatic carbocycles. The number of nitrogens with one attached hydrogen (secondary N) is 1. The number of rotatable bonds is 6. The van der Waals surface area contributed by atoms with Gasteiger partial charge < -0.3 is 15.5 Å². The lowest BCUT2D eigenvalue weighted by molar-refractivity contribution is -0.139. The molecule has 0 aliphatic rings. The van der Waals surface area contributed by atoms with Gasteiger partial charge in [0, 0.05) is 6.07 Å². The molecule has 1 atom stereocenters. The second kappa shape index (κ2) is 6.98. The molecule has 0 aromatic heterocycles. The van der Waals surface area contributed by atoms with Crippen LogP contribution in [0, 0.1) is 5.82 Å². The van der Waals surface area contributed by atoms with E-state index < -0.39 is 23.7 Å². The Hall–Kier alpha value is -1.76. The van der Waals surface area contributed by atoms with Crippen molar-refractivity contribution in [3.8, 4) is 5.75 Å². The number of benzene rings is 1. The number of amides is 1. The van der Waals surface area contributed by atoms with Gasteiger partial charge in [0.05, 0.1) is 5.56 Å². The molecule has 1 amide bonds. The van der Waals surface area contributed by atoms with E-state index >= 15 is 0 Å². The molecule has 1 rings (SSSR count). The van der Waals surface area contributed by atoms with Crippen molar-refractivity contribution in [2.75, 3.05) is 12.0 Å². The summed E-state index contributed by atoms with van der Waals surface area (Å²) in [5.74, 6) is -2.61. The zero-order valence-corrected chi connectivity index (χ0v) is 11.0. The number of phenolic OH excluding ortho intramolecular Hbond substituents is 1. The minimum atomic E-state index is -1.17. The zero-order valence-electron chi connectivity index (χ0n) is 10.2. The van der Waals surface area contributed by atoms with Crippen molar-refractivity contribution < 1.29 is 24.2 Å². The van der Waals surface area contributed by atoms with Crippen molar-refractivity contribution in [1.29, 1.82) is 0 Å². The normalized spacial score (nSPS) is 11.9. The molecule has 0 heterocycles. The van der Waals surface area contributed by atoms with Crippen LogP contribution >= 0.6 is 11.8 Å². The third-order valence-corrected chi connectivity index (χ3v) is 3.06. The first-order valence-electron chi connectivity index (χ1n) is 5.46. The molecule has 1 aromatic rings. The van der Waals surface area contributed by atoms with Crippen LogP contribution in [0.3, 0.4) is 0 Å². The molecule has 0 radical (unpaired) electrons. The topological polar surface area (TPSA) is 86.6 Å². The predicted molar refractivity (Wildman–Crippen MR) is 70.0 cm³/mol. The van der Waals surface area contributed by atoms with Crippen LogP contribution in [0.2, 0.25) is 0 Å². The van der Waals surface area contributed by atoms with Gasteiger partial charge in [0.2, 0.25) is 0 Å². The van der Waals surface area contributed by atoms with E-state index in [1.54, 1.807) is 0 Å². The van der Waals surface area contributed by atoms with Gasteiger partial charge in [0.15, 0.2) is 0 Å². The van der Waals surface area contributed by atoms with Gasteiger partial charge in [-0.15, -0.1) is 0 Å². The number of hydrogen-bond donors (Lipinski definition) is 3. The Bertz CT molecular complexity index is 481. The summed E-state index contributed by atoms with van der Waals surface area (Å²) < 4.78 is 13.4. The number of phenols is 1. The number of aliphatic carboxylic acids is 1. The van der Waals surface area contributed by atoms with E-state index in [1.165, 1.54) is 11.8 Å². The zero-order chi connectivity index (χ0) is 14.4. The molecule has 104 valence electrons. The summed E-state index contributed by atoms with van der Waals surface area (Å²) >= 11 is 1.45. The first-order chi connectivity index (χ1) is 8.95. The maximum Gasteiger partial charge on any atom is 0.326 e. The lowest BCUT2D eigenvalue weighted by Gasteiger charge is -2.14. The number of hydrogen-bond acceptors (Lipinski definition) is 4. The third-order valence-electron chi connectivity index (χ3n) is 2.41. The largest absolute Gasteiger partial charge is 0.508 e. The number of halogens is 1. The summed E-state index contributed by atoms with van der Waals surface area (Å²) in [6.07, 6.45) is 2.07. The van der Waals surface area contributed by atoms with E-state index in [1.807, 2.05) is 6.26 Å². The second-order valence-electron chi connectivity index (χ2n) is 3.81. The first-order valence-corrected chi connectivity index (χ1v) is 6.86. The fourth-order valence-corrected chi connectivity index (χ4v) is 1.89. The summed E-state index contributed by atoms with van der Waals surface area (Å²) in [5, 5.41) is 20.2. The highest BCUT2D eigenvalue weighted by atomic mass is 32.2. The van der Waals surface area contributed by atoms with Gasteiger partial charge in [-0.3, -0.25) is 4.79 Å². The van der Waals surface area contributed by atoms with Gasteiger partial charge >= 0.3 is 5.97 Å². The number of carbonyl (C=O) groups is 2. The summed E-state index contributed by atoms with van der Waals surface area (Å²) in [5.41, 5.74) is -0.298. The highest BCUT2D eigenvalue weighted by Crippen LogP contribution is 2.15. The molecule has 1 unspecified atom stereocenters. The lowest BCUT2D eigenvalue weighted by Crippen LogP contribution is -2.41. The number of carbonyl (C=O) groups excluding carboxylic acids is 1. The summed E-state index contributed by atoms with van der Waals surface area (Å²) in [7, 11) is 0. The summed E-state index contributed by atoms with van der Waals surface area (Å²) in [6.45, 7) is 0. The molecule has 0 aliphatic heterocycles. The monoisotopic (exact) mass is 287 g/mol. The summed E-state index contributed by atoms with van der Waals surface area (Å²) in [4.78, 5) is 22.7. The van der Waals surface area contributed by atoms with Crippen molar-refractivity contribution in [3.63, 3.8) is 0 Å². The van der Waals surface area contributed by atoms with Crippen LogP contribution in [-0.2, 0) is 4.79 Å². The quantitative estimate of drug-likeness (QED) is 0.737. The van der Waals surface area contributed by atoms with Gasteiger partial charge in [-0.1, -0.05) is 0 Å². The Balaban J connectivity index is 2.78. The Morgan fingerprint density at radius 1 is 1.47 bits per heavy atom. The minimum absolute atomic E-state index is 0.252. The Kier molecular flexibility index (Phi) is 5.62. The molecule has 0 spiro atoms. The van der Waals surface area contributed by atoms with E-state index in [0.29, 0.717) is 5.75 Å². The van der Waals surface area contributed by atoms with E-state index in [0.717, 1.165) is 18.2 Å². The molecule has 3 N–H and O–H groups in total. The number of carboxylic acids is 1. The molecule has 5 nitrogen and oxygen atoms in total. The molecule has 0 aliphatic carbocycles. The Morgan fingerprint density at radius 3 is 2.68 bits per heavy atom.